The molecule has 8 nitrogen and oxygen atoms in total. The minimum absolute atomic E-state index is 0.147. The lowest BCUT2D eigenvalue weighted by molar-refractivity contribution is 0.0683. The van der Waals surface area contributed by atoms with Crippen molar-refractivity contribution in [2.75, 3.05) is 27.4 Å². The fraction of sp³-hybridized carbons (Fsp3) is 0.270. The Bertz CT molecular complexity index is 1830. The van der Waals surface area contributed by atoms with E-state index >= 15 is 0 Å². The zero-order valence-corrected chi connectivity index (χ0v) is 26.4. The number of hydrogen-bond donors (Lipinski definition) is 0. The van der Waals surface area contributed by atoms with Crippen molar-refractivity contribution < 1.29 is 19.0 Å². The maximum atomic E-state index is 14.3. The minimum atomic E-state index is -0.563. The molecule has 1 aromatic heterocycles. The third-order valence-electron chi connectivity index (χ3n) is 8.01. The molecule has 1 heterocycles. The number of methoxy groups -OCH3 is 2. The summed E-state index contributed by atoms with van der Waals surface area (Å²) in [5.41, 5.74) is 3.72. The molecule has 0 aliphatic heterocycles. The highest BCUT2D eigenvalue weighted by Crippen LogP contribution is 2.29. The summed E-state index contributed by atoms with van der Waals surface area (Å²) in [7, 11) is 3.20. The van der Waals surface area contributed by atoms with Gasteiger partial charge in [0.2, 0.25) is 0 Å². The number of nitrogens with zero attached hydrogens (tertiary/aromatic N) is 3. The van der Waals surface area contributed by atoms with Gasteiger partial charge in [-0.15, -0.1) is 0 Å². The average molecular weight is 606 g/mol. The summed E-state index contributed by atoms with van der Waals surface area (Å²) in [6.45, 7) is 6.84. The molecule has 1 amide bonds. The van der Waals surface area contributed by atoms with Gasteiger partial charge in [-0.2, -0.15) is 0 Å². The first-order valence-electron chi connectivity index (χ1n) is 15.2. The van der Waals surface area contributed by atoms with Crippen LogP contribution in [0.2, 0.25) is 0 Å². The summed E-state index contributed by atoms with van der Waals surface area (Å²) in [6, 6.07) is 27.5. The second-order valence-corrected chi connectivity index (χ2v) is 10.7. The molecule has 4 aromatic carbocycles. The second-order valence-electron chi connectivity index (χ2n) is 10.7. The van der Waals surface area contributed by atoms with Crippen molar-refractivity contribution in [3.8, 4) is 22.9 Å². The van der Waals surface area contributed by atoms with Crippen molar-refractivity contribution in [2.24, 2.45) is 0 Å². The lowest BCUT2D eigenvalue weighted by Gasteiger charge is -2.31. The smallest absolute Gasteiger partial charge is 0.266 e. The Kier molecular flexibility index (Phi) is 9.82. The fourth-order valence-electron chi connectivity index (χ4n) is 5.48. The Morgan fingerprint density at radius 1 is 0.867 bits per heavy atom. The van der Waals surface area contributed by atoms with Crippen LogP contribution in [0, 0.1) is 0 Å². The van der Waals surface area contributed by atoms with Crippen LogP contribution < -0.4 is 19.8 Å². The lowest BCUT2D eigenvalue weighted by atomic mass is 10.1. The van der Waals surface area contributed by atoms with Crippen molar-refractivity contribution in [2.45, 2.75) is 39.7 Å². The molecule has 232 valence electrons. The van der Waals surface area contributed by atoms with Gasteiger partial charge in [0.25, 0.3) is 11.5 Å². The van der Waals surface area contributed by atoms with E-state index in [0.717, 1.165) is 17.5 Å². The topological polar surface area (TPSA) is 82.9 Å². The van der Waals surface area contributed by atoms with E-state index in [1.54, 1.807) is 29.8 Å². The highest BCUT2D eigenvalue weighted by atomic mass is 16.5. The summed E-state index contributed by atoms with van der Waals surface area (Å²) in [5.74, 6) is 2.29. The molecule has 5 aromatic rings. The maximum absolute atomic E-state index is 14.3. The number of para-hydroxylation sites is 1. The molecule has 1 unspecified atom stereocenters. The van der Waals surface area contributed by atoms with Gasteiger partial charge in [-0.05, 0) is 98.5 Å². The average Bonchev–Trinajstić information content (AvgIpc) is 3.08. The number of carbonyl (C=O) groups is 1. The van der Waals surface area contributed by atoms with E-state index in [1.165, 1.54) is 0 Å². The molecule has 0 saturated heterocycles. The number of amides is 1. The number of aromatic nitrogens is 2. The predicted octanol–water partition coefficient (Wildman–Crippen LogP) is 6.81. The molecule has 0 N–H and O–H groups in total. The largest absolute Gasteiger partial charge is 0.494 e. The number of hydrogen-bond acceptors (Lipinski definition) is 6. The Hall–Kier alpha value is -5.11. The number of rotatable bonds is 12. The summed E-state index contributed by atoms with van der Waals surface area (Å²) < 4.78 is 18.2. The zero-order valence-electron chi connectivity index (χ0n) is 26.4. The molecule has 0 aliphatic rings. The molecule has 0 aliphatic carbocycles. The summed E-state index contributed by atoms with van der Waals surface area (Å²) in [4.78, 5) is 35.1. The van der Waals surface area contributed by atoms with Crippen molar-refractivity contribution in [1.82, 2.24) is 14.5 Å². The van der Waals surface area contributed by atoms with Crippen molar-refractivity contribution in [3.05, 3.63) is 124 Å². The predicted molar refractivity (Wildman–Crippen MR) is 177 cm³/mol. The van der Waals surface area contributed by atoms with Crippen LogP contribution in [0.1, 0.15) is 54.1 Å². The van der Waals surface area contributed by atoms with Gasteiger partial charge < -0.3 is 19.1 Å². The Morgan fingerprint density at radius 2 is 1.56 bits per heavy atom. The zero-order chi connectivity index (χ0) is 31.9. The molecule has 45 heavy (non-hydrogen) atoms. The highest BCUT2D eigenvalue weighted by molar-refractivity contribution is 5.94. The Morgan fingerprint density at radius 3 is 2.22 bits per heavy atom. The maximum Gasteiger partial charge on any atom is 0.266 e. The van der Waals surface area contributed by atoms with E-state index in [1.807, 2.05) is 98.8 Å². The summed E-state index contributed by atoms with van der Waals surface area (Å²) in [6.07, 6.45) is 1.42. The highest BCUT2D eigenvalue weighted by Gasteiger charge is 2.28. The van der Waals surface area contributed by atoms with Crippen molar-refractivity contribution in [1.29, 1.82) is 0 Å². The van der Waals surface area contributed by atoms with Crippen molar-refractivity contribution >= 4 is 16.8 Å². The Balaban J connectivity index is 1.61. The number of carbonyl (C=O) groups excluding carboxylic acids is 1. The molecule has 8 heteroatoms. The number of benzene rings is 4. The van der Waals surface area contributed by atoms with Crippen LogP contribution >= 0.6 is 0 Å². The summed E-state index contributed by atoms with van der Waals surface area (Å²) in [5, 5.41) is 0.501. The van der Waals surface area contributed by atoms with Gasteiger partial charge in [0.1, 0.15) is 11.6 Å². The molecule has 0 spiro atoms. The fourth-order valence-corrected chi connectivity index (χ4v) is 5.48. The molecule has 0 saturated carbocycles. The molecule has 0 fully saturated rings. The van der Waals surface area contributed by atoms with Crippen LogP contribution in [-0.4, -0.2) is 47.7 Å². The molecule has 5 rings (SSSR count). The Labute approximate surface area is 263 Å². The van der Waals surface area contributed by atoms with Crippen LogP contribution in [-0.2, 0) is 12.8 Å². The third kappa shape index (κ3) is 6.70. The minimum Gasteiger partial charge on any atom is -0.494 e. The van der Waals surface area contributed by atoms with Crippen LogP contribution in [0.3, 0.4) is 0 Å². The van der Waals surface area contributed by atoms with Gasteiger partial charge >= 0.3 is 0 Å². The van der Waals surface area contributed by atoms with Crippen LogP contribution in [0.5, 0.6) is 17.2 Å². The molecular formula is C37H39N3O5. The van der Waals surface area contributed by atoms with Gasteiger partial charge in [-0.25, -0.2) is 4.98 Å². The monoisotopic (exact) mass is 605 g/mol. The number of aryl methyl sites for hydroxylation is 1. The number of ether oxygens (including phenoxy) is 3. The first-order chi connectivity index (χ1) is 21.9. The van der Waals surface area contributed by atoms with Crippen LogP contribution in [0.25, 0.3) is 16.6 Å². The molecule has 0 radical (unpaired) electrons. The van der Waals surface area contributed by atoms with Crippen LogP contribution in [0.4, 0.5) is 0 Å². The van der Waals surface area contributed by atoms with E-state index in [4.69, 9.17) is 19.2 Å². The molecule has 0 bridgehead atoms. The first kappa shape index (κ1) is 31.3. The molecular weight excluding hydrogens is 566 g/mol. The van der Waals surface area contributed by atoms with Crippen molar-refractivity contribution in [3.63, 3.8) is 0 Å². The van der Waals surface area contributed by atoms with E-state index in [0.29, 0.717) is 64.8 Å². The lowest BCUT2D eigenvalue weighted by Crippen LogP contribution is -2.38. The second kappa shape index (κ2) is 14.1. The van der Waals surface area contributed by atoms with Gasteiger partial charge in [-0.1, -0.05) is 37.3 Å². The number of fused-ring (bicyclic) bond motifs is 1. The van der Waals surface area contributed by atoms with Gasteiger partial charge in [0.15, 0.2) is 11.5 Å². The van der Waals surface area contributed by atoms with Gasteiger partial charge in [-0.3, -0.25) is 14.2 Å². The van der Waals surface area contributed by atoms with E-state index in [9.17, 15) is 9.59 Å². The van der Waals surface area contributed by atoms with E-state index in [-0.39, 0.29) is 11.5 Å². The molecule has 1 atom stereocenters. The standard InChI is InChI=1S/C37H39N3O5/c1-6-26-12-15-28(16-13-26)36(41)39(23-22-27-14-21-33(43-4)34(24-27)44-5)25(3)35-38-32-11-9-8-10-31(32)37(42)40(35)29-17-19-30(20-18-29)45-7-2/h8-21,24-25H,6-7,22-23H2,1-5H3. The van der Waals surface area contributed by atoms with Crippen LogP contribution in [0.15, 0.2) is 95.8 Å². The van der Waals surface area contributed by atoms with E-state index in [2.05, 4.69) is 6.92 Å². The summed E-state index contributed by atoms with van der Waals surface area (Å²) >= 11 is 0. The SMILES string of the molecule is CCOc1ccc(-n2c(C(C)N(CCc3ccc(OC)c(OC)c3)C(=O)c3ccc(CC)cc3)nc3ccccc3c2=O)cc1. The first-order valence-corrected chi connectivity index (χ1v) is 15.2. The third-order valence-corrected chi connectivity index (χ3v) is 8.01. The van der Waals surface area contributed by atoms with Gasteiger partial charge in [0, 0.05) is 12.1 Å². The van der Waals surface area contributed by atoms with Gasteiger partial charge in [0.05, 0.1) is 43.5 Å². The normalized spacial score (nSPS) is 11.7. The van der Waals surface area contributed by atoms with E-state index < -0.39 is 6.04 Å². The quantitative estimate of drug-likeness (QED) is 0.155.